The lowest BCUT2D eigenvalue weighted by molar-refractivity contribution is -0.176. The van der Waals surface area contributed by atoms with Crippen LogP contribution in [0.4, 0.5) is 19.3 Å². The van der Waals surface area contributed by atoms with Crippen LogP contribution in [0.2, 0.25) is 0 Å². The number of carbonyl (C=O) groups is 2. The summed E-state index contributed by atoms with van der Waals surface area (Å²) in [5, 5.41) is 2.58. The lowest BCUT2D eigenvalue weighted by Gasteiger charge is -2.61. The summed E-state index contributed by atoms with van der Waals surface area (Å²) in [4.78, 5) is 34.8. The van der Waals surface area contributed by atoms with Gasteiger partial charge in [-0.15, -0.1) is 0 Å². The van der Waals surface area contributed by atoms with Gasteiger partial charge in [-0.1, -0.05) is 6.92 Å². The van der Waals surface area contributed by atoms with Crippen LogP contribution >= 0.6 is 0 Å². The van der Waals surface area contributed by atoms with Crippen molar-refractivity contribution >= 4 is 17.7 Å². The molecule has 1 aliphatic carbocycles. The van der Waals surface area contributed by atoms with Crippen LogP contribution in [0, 0.1) is 24.5 Å². The predicted molar refractivity (Wildman–Crippen MR) is 105 cm³/mol. The first-order valence-electron chi connectivity index (χ1n) is 9.72. The summed E-state index contributed by atoms with van der Waals surface area (Å²) in [5.41, 5.74) is -0.0678. The summed E-state index contributed by atoms with van der Waals surface area (Å²) in [6.07, 6.45) is 3.87. The summed E-state index contributed by atoms with van der Waals surface area (Å²) >= 11 is 0. The van der Waals surface area contributed by atoms with E-state index in [2.05, 4.69) is 15.3 Å². The van der Waals surface area contributed by atoms with Gasteiger partial charge in [-0.05, 0) is 43.4 Å². The third-order valence-electron chi connectivity index (χ3n) is 5.96. The predicted octanol–water partition coefficient (Wildman–Crippen LogP) is 3.68. The number of likely N-dealkylation sites (tertiary alicyclic amines) is 1. The van der Waals surface area contributed by atoms with E-state index in [1.807, 2.05) is 6.92 Å². The molecule has 7 nitrogen and oxygen atoms in total. The fourth-order valence-electron chi connectivity index (χ4n) is 4.76. The number of nitrogens with zero attached hydrogens (tertiary/aromatic N) is 3. The highest BCUT2D eigenvalue weighted by atomic mass is 19.1. The maximum absolute atomic E-state index is 14.6. The number of carbonyl (C=O) groups excluding carboxylic acids is 2. The molecule has 3 atom stereocenters. The Labute approximate surface area is 172 Å². The molecule has 0 spiro atoms. The molecule has 2 heterocycles. The maximum Gasteiger partial charge on any atom is 0.331 e. The summed E-state index contributed by atoms with van der Waals surface area (Å²) < 4.78 is 32.7. The summed E-state index contributed by atoms with van der Waals surface area (Å²) in [6.45, 7) is 3.71. The molecule has 30 heavy (non-hydrogen) atoms. The molecule has 2 bridgehead atoms. The molecule has 1 saturated heterocycles. The maximum atomic E-state index is 14.6. The van der Waals surface area contributed by atoms with E-state index in [1.165, 1.54) is 24.1 Å². The number of hydrogen-bond acceptors (Lipinski definition) is 5. The minimum absolute atomic E-state index is 0.0634. The van der Waals surface area contributed by atoms with Crippen molar-refractivity contribution in [2.24, 2.45) is 5.92 Å². The Morgan fingerprint density at radius 3 is 2.60 bits per heavy atom. The molecule has 2 unspecified atom stereocenters. The second-order valence-corrected chi connectivity index (χ2v) is 8.10. The number of amides is 2. The van der Waals surface area contributed by atoms with Crippen molar-refractivity contribution in [3.05, 3.63) is 41.7 Å². The lowest BCUT2D eigenvalue weighted by atomic mass is 9.64. The lowest BCUT2D eigenvalue weighted by Crippen LogP contribution is -2.75. The number of halogens is 2. The highest BCUT2D eigenvalue weighted by molar-refractivity contribution is 5.97. The average Bonchev–Trinajstić information content (AvgIpc) is 2.69. The summed E-state index contributed by atoms with van der Waals surface area (Å²) in [6, 6.07) is 2.02. The second-order valence-electron chi connectivity index (χ2n) is 8.10. The van der Waals surface area contributed by atoms with Crippen molar-refractivity contribution in [2.45, 2.75) is 44.7 Å². The number of esters is 1. The van der Waals surface area contributed by atoms with E-state index in [4.69, 9.17) is 4.74 Å². The van der Waals surface area contributed by atoms with Crippen LogP contribution in [-0.2, 0) is 9.53 Å². The third-order valence-corrected chi connectivity index (χ3v) is 5.96. The van der Waals surface area contributed by atoms with Gasteiger partial charge >= 0.3 is 12.0 Å². The van der Waals surface area contributed by atoms with Crippen molar-refractivity contribution in [2.75, 3.05) is 12.4 Å². The average molecular weight is 416 g/mol. The Balaban J connectivity index is 1.63. The molecule has 0 radical (unpaired) electrons. The van der Waals surface area contributed by atoms with Gasteiger partial charge < -0.3 is 15.0 Å². The zero-order chi connectivity index (χ0) is 21.6. The van der Waals surface area contributed by atoms with Gasteiger partial charge in [0.15, 0.2) is 11.6 Å². The molecule has 9 heteroatoms. The van der Waals surface area contributed by atoms with Crippen LogP contribution in [0.1, 0.15) is 31.7 Å². The van der Waals surface area contributed by atoms with Gasteiger partial charge in [0.05, 0.1) is 25.2 Å². The van der Waals surface area contributed by atoms with Gasteiger partial charge in [-0.2, -0.15) is 0 Å². The van der Waals surface area contributed by atoms with E-state index in [9.17, 15) is 18.4 Å². The Kier molecular flexibility index (Phi) is 4.91. The molecule has 2 aromatic rings. The Hall–Kier alpha value is -3.10. The van der Waals surface area contributed by atoms with E-state index in [0.717, 1.165) is 18.8 Å². The van der Waals surface area contributed by atoms with E-state index < -0.39 is 29.2 Å². The highest BCUT2D eigenvalue weighted by Crippen LogP contribution is 2.50. The fraction of sp³-hybridized carbons (Fsp3) is 0.429. The van der Waals surface area contributed by atoms with E-state index in [0.29, 0.717) is 24.0 Å². The molecule has 2 aliphatic rings. The van der Waals surface area contributed by atoms with Crippen LogP contribution in [0.15, 0.2) is 24.5 Å². The number of nitrogens with one attached hydrogen (secondary N) is 1. The topological polar surface area (TPSA) is 84.4 Å². The molecule has 1 aliphatic heterocycles. The monoisotopic (exact) mass is 416 g/mol. The first kappa shape index (κ1) is 20.2. The SMILES string of the molecule is COC(=O)C12CC(C[C@@H](C)C1)N2C(=O)Nc1cc(-c2ncc(F)cn2)c(C)cc1F. The number of hydrogen-bond donors (Lipinski definition) is 1. The van der Waals surface area contributed by atoms with E-state index in [-0.39, 0.29) is 23.5 Å². The van der Waals surface area contributed by atoms with Crippen molar-refractivity contribution in [1.29, 1.82) is 0 Å². The largest absolute Gasteiger partial charge is 0.467 e. The number of aromatic nitrogens is 2. The first-order valence-corrected chi connectivity index (χ1v) is 9.72. The number of urea groups is 1. The molecule has 1 saturated carbocycles. The van der Waals surface area contributed by atoms with Crippen LogP contribution in [0.25, 0.3) is 11.4 Å². The number of aryl methyl sites for hydroxylation is 1. The van der Waals surface area contributed by atoms with Crippen LogP contribution in [-0.4, -0.2) is 45.6 Å². The molecule has 2 amide bonds. The van der Waals surface area contributed by atoms with Crippen LogP contribution < -0.4 is 5.32 Å². The van der Waals surface area contributed by atoms with E-state index >= 15 is 0 Å². The van der Waals surface area contributed by atoms with E-state index in [1.54, 1.807) is 6.92 Å². The molecular formula is C21H22F2N4O3. The Morgan fingerprint density at radius 1 is 1.23 bits per heavy atom. The third kappa shape index (κ3) is 3.18. The van der Waals surface area contributed by atoms with Crippen molar-refractivity contribution in [3.8, 4) is 11.4 Å². The molecule has 1 aromatic heterocycles. The number of piperidine rings is 1. The normalized spacial score (nSPS) is 24.8. The summed E-state index contributed by atoms with van der Waals surface area (Å²) in [5.74, 6) is -1.17. The van der Waals surface area contributed by atoms with Gasteiger partial charge in [-0.25, -0.2) is 28.3 Å². The molecule has 1 aromatic carbocycles. The minimum atomic E-state index is -1.01. The second kappa shape index (κ2) is 7.30. The van der Waals surface area contributed by atoms with Crippen molar-refractivity contribution in [3.63, 3.8) is 0 Å². The standard InChI is InChI=1S/C21H22F2N4O3/c1-11-4-14-8-21(7-11,19(28)30-3)27(14)20(29)26-17-6-15(12(2)5-16(17)23)18-24-9-13(22)10-25-18/h5-6,9-11,14H,4,7-8H2,1-3H3,(H,26,29)/t11-,14?,21?/m1/s1. The van der Waals surface area contributed by atoms with Crippen molar-refractivity contribution < 1.29 is 23.1 Å². The van der Waals surface area contributed by atoms with Crippen LogP contribution in [0.5, 0.6) is 0 Å². The zero-order valence-corrected chi connectivity index (χ0v) is 16.9. The van der Waals surface area contributed by atoms with Gasteiger partial charge in [0.1, 0.15) is 11.4 Å². The fourth-order valence-corrected chi connectivity index (χ4v) is 4.76. The van der Waals surface area contributed by atoms with Gasteiger partial charge in [-0.3, -0.25) is 0 Å². The quantitative estimate of drug-likeness (QED) is 0.772. The molecule has 4 rings (SSSR count). The Bertz CT molecular complexity index is 1010. The number of fused-ring (bicyclic) bond motifs is 2. The smallest absolute Gasteiger partial charge is 0.331 e. The molecule has 2 fully saturated rings. The number of rotatable bonds is 3. The number of methoxy groups -OCH3 is 1. The Morgan fingerprint density at radius 2 is 1.93 bits per heavy atom. The number of benzene rings is 1. The highest BCUT2D eigenvalue weighted by Gasteiger charge is 2.63. The van der Waals surface area contributed by atoms with Crippen LogP contribution in [0.3, 0.4) is 0 Å². The summed E-state index contributed by atoms with van der Waals surface area (Å²) in [7, 11) is 1.30. The number of ether oxygens (including phenoxy) is 1. The minimum Gasteiger partial charge on any atom is -0.467 e. The van der Waals surface area contributed by atoms with Gasteiger partial charge in [0.2, 0.25) is 0 Å². The zero-order valence-electron chi connectivity index (χ0n) is 16.9. The van der Waals surface area contributed by atoms with Gasteiger partial charge in [0, 0.05) is 18.0 Å². The van der Waals surface area contributed by atoms with Gasteiger partial charge in [0.25, 0.3) is 0 Å². The first-order chi connectivity index (χ1) is 14.2. The number of anilines is 1. The van der Waals surface area contributed by atoms with Crippen molar-refractivity contribution in [1.82, 2.24) is 14.9 Å². The molecular weight excluding hydrogens is 394 g/mol. The molecule has 1 N–H and O–H groups in total. The molecule has 158 valence electrons.